The molecule has 1 aliphatic heterocycles. The van der Waals surface area contributed by atoms with E-state index in [0.29, 0.717) is 49.7 Å². The second-order valence-electron chi connectivity index (χ2n) is 7.82. The van der Waals surface area contributed by atoms with Crippen molar-refractivity contribution in [1.29, 1.82) is 0 Å². The number of benzene rings is 1. The summed E-state index contributed by atoms with van der Waals surface area (Å²) in [7, 11) is -0.0199. The van der Waals surface area contributed by atoms with E-state index < -0.39 is 10.0 Å². The Morgan fingerprint density at radius 2 is 1.81 bits per heavy atom. The van der Waals surface area contributed by atoms with E-state index in [1.54, 1.807) is 14.2 Å². The van der Waals surface area contributed by atoms with Crippen LogP contribution in [0, 0.1) is 19.8 Å². The number of piperidine rings is 1. The van der Waals surface area contributed by atoms with Crippen molar-refractivity contribution in [2.45, 2.75) is 33.2 Å². The van der Waals surface area contributed by atoms with Gasteiger partial charge in [0.25, 0.3) is 0 Å². The summed E-state index contributed by atoms with van der Waals surface area (Å²) < 4.78 is 37.3. The van der Waals surface area contributed by atoms with E-state index in [-0.39, 0.29) is 11.8 Å². The number of hydrogen-bond acceptors (Lipinski definition) is 6. The summed E-state index contributed by atoms with van der Waals surface area (Å²) in [5.74, 6) is 1.00. The number of nitrogens with zero attached hydrogens (tertiary/aromatic N) is 3. The molecule has 0 unspecified atom stereocenters. The quantitative estimate of drug-likeness (QED) is 0.694. The molecule has 0 atom stereocenters. The van der Waals surface area contributed by atoms with E-state index in [4.69, 9.17) is 9.47 Å². The molecule has 0 spiro atoms. The first kappa shape index (κ1) is 23.1. The molecule has 1 fully saturated rings. The molecule has 10 heteroatoms. The minimum absolute atomic E-state index is 0.0926. The lowest BCUT2D eigenvalue weighted by molar-refractivity contribution is -0.120. The van der Waals surface area contributed by atoms with Crippen LogP contribution in [0.2, 0.25) is 0 Å². The van der Waals surface area contributed by atoms with Crippen molar-refractivity contribution in [2.24, 2.45) is 5.92 Å². The summed E-state index contributed by atoms with van der Waals surface area (Å²) >= 11 is 0. The van der Waals surface area contributed by atoms with E-state index in [2.05, 4.69) is 10.4 Å². The third-order valence-electron chi connectivity index (χ3n) is 5.70. The number of carbonyl (C=O) groups excluding carboxylic acids is 1. The molecule has 0 aliphatic carbocycles. The number of sulfonamides is 1. The maximum absolute atomic E-state index is 12.8. The second kappa shape index (κ2) is 9.27. The third kappa shape index (κ3) is 5.19. The van der Waals surface area contributed by atoms with Gasteiger partial charge < -0.3 is 14.8 Å². The number of aromatic nitrogens is 2. The zero-order valence-electron chi connectivity index (χ0n) is 18.6. The van der Waals surface area contributed by atoms with Crippen LogP contribution in [0.4, 0.5) is 5.69 Å². The molecule has 0 radical (unpaired) electrons. The van der Waals surface area contributed by atoms with Crippen molar-refractivity contribution >= 4 is 21.6 Å². The monoisotopic (exact) mass is 450 g/mol. The van der Waals surface area contributed by atoms with Gasteiger partial charge >= 0.3 is 0 Å². The molecule has 3 rings (SSSR count). The maximum Gasteiger partial charge on any atom is 0.227 e. The number of hydrogen-bond donors (Lipinski definition) is 1. The van der Waals surface area contributed by atoms with Gasteiger partial charge in [-0.3, -0.25) is 9.48 Å². The standard InChI is InChI=1S/C21H30N4O5S/c1-14-20(22-21(26)17-8-10-24(11-9-17)31(5,27)28)15(2)25(23-14)13-16-6-7-18(29-3)19(12-16)30-4/h6-7,12,17H,8-11,13H2,1-5H3,(H,22,26). The van der Waals surface area contributed by atoms with Gasteiger partial charge in [0.15, 0.2) is 11.5 Å². The van der Waals surface area contributed by atoms with Gasteiger partial charge in [-0.15, -0.1) is 0 Å². The Morgan fingerprint density at radius 3 is 2.39 bits per heavy atom. The average Bonchev–Trinajstić information content (AvgIpc) is 3.00. The third-order valence-corrected chi connectivity index (χ3v) is 7.01. The number of methoxy groups -OCH3 is 2. The lowest BCUT2D eigenvalue weighted by Gasteiger charge is -2.29. The highest BCUT2D eigenvalue weighted by Crippen LogP contribution is 2.29. The van der Waals surface area contributed by atoms with Crippen molar-refractivity contribution in [3.63, 3.8) is 0 Å². The highest BCUT2D eigenvalue weighted by Gasteiger charge is 2.29. The van der Waals surface area contributed by atoms with Gasteiger partial charge in [0.1, 0.15) is 0 Å². The number of aryl methyl sites for hydroxylation is 1. The molecule has 1 aromatic heterocycles. The molecule has 2 heterocycles. The van der Waals surface area contributed by atoms with E-state index in [1.165, 1.54) is 10.6 Å². The highest BCUT2D eigenvalue weighted by molar-refractivity contribution is 7.88. The van der Waals surface area contributed by atoms with Gasteiger partial charge in [-0.2, -0.15) is 5.10 Å². The molecule has 1 amide bonds. The van der Waals surface area contributed by atoms with Crippen molar-refractivity contribution < 1.29 is 22.7 Å². The molecule has 1 saturated heterocycles. The SMILES string of the molecule is COc1ccc(Cn2nc(C)c(NC(=O)C3CCN(S(C)(=O)=O)CC3)c2C)cc1OC. The minimum atomic E-state index is -3.21. The fourth-order valence-corrected chi connectivity index (χ4v) is 4.73. The van der Waals surface area contributed by atoms with Gasteiger partial charge in [-0.05, 0) is 44.4 Å². The van der Waals surface area contributed by atoms with Crippen LogP contribution in [0.5, 0.6) is 11.5 Å². The zero-order chi connectivity index (χ0) is 22.8. The summed E-state index contributed by atoms with van der Waals surface area (Å²) in [6.07, 6.45) is 2.22. The summed E-state index contributed by atoms with van der Waals surface area (Å²) in [4.78, 5) is 12.8. The van der Waals surface area contributed by atoms with Gasteiger partial charge in [-0.25, -0.2) is 12.7 Å². The lowest BCUT2D eigenvalue weighted by Crippen LogP contribution is -2.41. The van der Waals surface area contributed by atoms with Crippen molar-refractivity contribution in [2.75, 3.05) is 38.9 Å². The Bertz CT molecular complexity index is 1060. The first-order chi connectivity index (χ1) is 14.6. The van der Waals surface area contributed by atoms with Crippen LogP contribution in [0.25, 0.3) is 0 Å². The Balaban J connectivity index is 1.70. The lowest BCUT2D eigenvalue weighted by atomic mass is 9.97. The maximum atomic E-state index is 12.8. The van der Waals surface area contributed by atoms with Crippen LogP contribution in [0.3, 0.4) is 0 Å². The molecule has 31 heavy (non-hydrogen) atoms. The van der Waals surface area contributed by atoms with Gasteiger partial charge in [0.05, 0.1) is 44.1 Å². The molecule has 1 aromatic carbocycles. The molecule has 9 nitrogen and oxygen atoms in total. The van der Waals surface area contributed by atoms with Crippen molar-refractivity contribution in [1.82, 2.24) is 14.1 Å². The highest BCUT2D eigenvalue weighted by atomic mass is 32.2. The number of rotatable bonds is 7. The fraction of sp³-hybridized carbons (Fsp3) is 0.524. The smallest absolute Gasteiger partial charge is 0.227 e. The predicted molar refractivity (Wildman–Crippen MR) is 118 cm³/mol. The first-order valence-electron chi connectivity index (χ1n) is 10.1. The molecule has 2 aromatic rings. The normalized spacial score (nSPS) is 15.6. The van der Waals surface area contributed by atoms with Crippen molar-refractivity contribution in [3.05, 3.63) is 35.2 Å². The van der Waals surface area contributed by atoms with Gasteiger partial charge in [0, 0.05) is 19.0 Å². The molecular weight excluding hydrogens is 420 g/mol. The molecule has 170 valence electrons. The molecule has 1 aliphatic rings. The summed E-state index contributed by atoms with van der Waals surface area (Å²) in [6, 6.07) is 5.71. The minimum Gasteiger partial charge on any atom is -0.493 e. The van der Waals surface area contributed by atoms with Crippen LogP contribution in [-0.2, 0) is 21.4 Å². The topological polar surface area (TPSA) is 103 Å². The number of anilines is 1. The predicted octanol–water partition coefficient (Wildman–Crippen LogP) is 2.18. The van der Waals surface area contributed by atoms with E-state index in [1.807, 2.05) is 36.7 Å². The first-order valence-corrected chi connectivity index (χ1v) is 12.0. The van der Waals surface area contributed by atoms with Crippen LogP contribution in [-0.4, -0.2) is 62.0 Å². The Labute approximate surface area is 183 Å². The summed E-state index contributed by atoms with van der Waals surface area (Å²) in [5.41, 5.74) is 3.29. The number of carbonyl (C=O) groups is 1. The number of amides is 1. The Kier molecular flexibility index (Phi) is 6.90. The van der Waals surface area contributed by atoms with Crippen LogP contribution < -0.4 is 14.8 Å². The molecule has 1 N–H and O–H groups in total. The second-order valence-corrected chi connectivity index (χ2v) is 9.80. The molecule has 0 saturated carbocycles. The summed E-state index contributed by atoms with van der Waals surface area (Å²) in [6.45, 7) is 5.04. The van der Waals surface area contributed by atoms with Crippen LogP contribution in [0.1, 0.15) is 29.8 Å². The zero-order valence-corrected chi connectivity index (χ0v) is 19.5. The van der Waals surface area contributed by atoms with E-state index >= 15 is 0 Å². The van der Waals surface area contributed by atoms with Crippen molar-refractivity contribution in [3.8, 4) is 11.5 Å². The van der Waals surface area contributed by atoms with Gasteiger partial charge in [0.2, 0.25) is 15.9 Å². The largest absolute Gasteiger partial charge is 0.493 e. The number of nitrogens with one attached hydrogen (secondary N) is 1. The van der Waals surface area contributed by atoms with E-state index in [9.17, 15) is 13.2 Å². The fourth-order valence-electron chi connectivity index (χ4n) is 3.86. The van der Waals surface area contributed by atoms with E-state index in [0.717, 1.165) is 17.0 Å². The Morgan fingerprint density at radius 1 is 1.16 bits per heavy atom. The Hall–Kier alpha value is -2.59. The van der Waals surface area contributed by atoms with Crippen LogP contribution >= 0.6 is 0 Å². The van der Waals surface area contributed by atoms with Gasteiger partial charge in [-0.1, -0.05) is 6.07 Å². The average molecular weight is 451 g/mol. The molecule has 0 bridgehead atoms. The molecular formula is C21H30N4O5S. The summed E-state index contributed by atoms with van der Waals surface area (Å²) in [5, 5.41) is 7.60. The van der Waals surface area contributed by atoms with Crippen LogP contribution in [0.15, 0.2) is 18.2 Å². The number of ether oxygens (including phenoxy) is 2.